The van der Waals surface area contributed by atoms with E-state index >= 15 is 0 Å². The summed E-state index contributed by atoms with van der Waals surface area (Å²) in [4.78, 5) is 25.6. The number of amides is 3. The molecule has 0 aliphatic carbocycles. The molecule has 6 heteroatoms. The van der Waals surface area contributed by atoms with E-state index in [-0.39, 0.29) is 11.9 Å². The van der Waals surface area contributed by atoms with Crippen LogP contribution in [0.2, 0.25) is 0 Å². The highest BCUT2D eigenvalue weighted by atomic mass is 16.2. The van der Waals surface area contributed by atoms with E-state index in [1.165, 1.54) is 6.42 Å². The molecule has 3 N–H and O–H groups in total. The van der Waals surface area contributed by atoms with Gasteiger partial charge >= 0.3 is 6.03 Å². The summed E-state index contributed by atoms with van der Waals surface area (Å²) < 4.78 is 0. The molecule has 0 radical (unpaired) electrons. The number of nitrogens with zero attached hydrogens (tertiary/aromatic N) is 1. The zero-order chi connectivity index (χ0) is 15.0. The average molecular weight is 284 g/mol. The Balaban J connectivity index is 2.39. The summed E-state index contributed by atoms with van der Waals surface area (Å²) in [6, 6.07) is 0.0602. The van der Waals surface area contributed by atoms with E-state index in [4.69, 9.17) is 0 Å². The fourth-order valence-corrected chi connectivity index (χ4v) is 2.55. The summed E-state index contributed by atoms with van der Waals surface area (Å²) in [5, 5.41) is 8.20. The molecular weight excluding hydrogens is 256 g/mol. The molecule has 1 saturated heterocycles. The Morgan fingerprint density at radius 3 is 2.70 bits per heavy atom. The fraction of sp³-hybridized carbons (Fsp3) is 0.857. The van der Waals surface area contributed by atoms with Crippen molar-refractivity contribution in [3.63, 3.8) is 0 Å². The van der Waals surface area contributed by atoms with Crippen molar-refractivity contribution in [1.82, 2.24) is 20.9 Å². The monoisotopic (exact) mass is 284 g/mol. The van der Waals surface area contributed by atoms with Crippen LogP contribution in [0.25, 0.3) is 0 Å². The molecule has 1 atom stereocenters. The maximum Gasteiger partial charge on any atom is 0.321 e. The zero-order valence-corrected chi connectivity index (χ0v) is 12.9. The largest absolute Gasteiger partial charge is 0.336 e. The highest BCUT2D eigenvalue weighted by molar-refractivity contribution is 5.95. The smallest absolute Gasteiger partial charge is 0.321 e. The van der Waals surface area contributed by atoms with Gasteiger partial charge in [-0.2, -0.15) is 0 Å². The lowest BCUT2D eigenvalue weighted by atomic mass is 9.99. The van der Waals surface area contributed by atoms with Gasteiger partial charge in [0.1, 0.15) is 0 Å². The van der Waals surface area contributed by atoms with E-state index in [1.54, 1.807) is 0 Å². The lowest BCUT2D eigenvalue weighted by molar-refractivity contribution is -0.122. The van der Waals surface area contributed by atoms with Gasteiger partial charge in [0.05, 0.1) is 6.54 Å². The van der Waals surface area contributed by atoms with Crippen LogP contribution in [-0.2, 0) is 4.79 Å². The number of nitrogens with one attached hydrogen (secondary N) is 3. The summed E-state index contributed by atoms with van der Waals surface area (Å²) in [5.74, 6) is -0.223. The third kappa shape index (κ3) is 6.34. The Kier molecular flexibility index (Phi) is 7.54. The molecule has 0 saturated carbocycles. The number of hydrogen-bond donors (Lipinski definition) is 3. The minimum absolute atomic E-state index is 0.0289. The first-order valence-electron chi connectivity index (χ1n) is 7.52. The van der Waals surface area contributed by atoms with Crippen molar-refractivity contribution < 1.29 is 9.59 Å². The average Bonchev–Trinajstić information content (AvgIpc) is 2.36. The van der Waals surface area contributed by atoms with E-state index in [0.717, 1.165) is 32.4 Å². The molecule has 1 heterocycles. The number of carbonyl (C=O) groups is 2. The van der Waals surface area contributed by atoms with E-state index in [1.807, 2.05) is 20.9 Å². The third-order valence-electron chi connectivity index (χ3n) is 3.50. The molecule has 0 bridgehead atoms. The van der Waals surface area contributed by atoms with Crippen molar-refractivity contribution in [2.24, 2.45) is 0 Å². The molecule has 0 spiro atoms. The molecule has 1 rings (SSSR count). The van der Waals surface area contributed by atoms with E-state index < -0.39 is 6.03 Å². The van der Waals surface area contributed by atoms with Crippen molar-refractivity contribution in [2.45, 2.75) is 51.6 Å². The quantitative estimate of drug-likeness (QED) is 0.671. The predicted molar refractivity (Wildman–Crippen MR) is 79.6 cm³/mol. The molecule has 3 amide bonds. The Bertz CT molecular complexity index is 320. The number of hydrogen-bond acceptors (Lipinski definition) is 4. The van der Waals surface area contributed by atoms with Crippen LogP contribution in [0, 0.1) is 0 Å². The molecular formula is C14H28N4O2. The number of imide groups is 1. The normalized spacial score (nSPS) is 19.9. The van der Waals surface area contributed by atoms with Crippen molar-refractivity contribution in [1.29, 1.82) is 0 Å². The van der Waals surface area contributed by atoms with Gasteiger partial charge in [-0.3, -0.25) is 15.0 Å². The number of piperidine rings is 1. The maximum atomic E-state index is 11.9. The Morgan fingerprint density at radius 2 is 2.05 bits per heavy atom. The molecule has 1 unspecified atom stereocenters. The van der Waals surface area contributed by atoms with Crippen molar-refractivity contribution >= 4 is 11.9 Å². The van der Waals surface area contributed by atoms with Gasteiger partial charge in [0.25, 0.3) is 0 Å². The summed E-state index contributed by atoms with van der Waals surface area (Å²) in [5.41, 5.74) is 0. The van der Waals surface area contributed by atoms with Crippen LogP contribution in [0.4, 0.5) is 4.79 Å². The maximum absolute atomic E-state index is 11.9. The minimum Gasteiger partial charge on any atom is -0.336 e. The van der Waals surface area contributed by atoms with Crippen molar-refractivity contribution in [2.75, 3.05) is 26.7 Å². The van der Waals surface area contributed by atoms with Gasteiger partial charge in [-0.05, 0) is 53.2 Å². The SMILES string of the molecule is CNCCC1CCCCN1CC(=O)NC(=O)NC(C)C. The number of rotatable bonds is 6. The van der Waals surface area contributed by atoms with Crippen LogP contribution in [0.5, 0.6) is 0 Å². The third-order valence-corrected chi connectivity index (χ3v) is 3.50. The van der Waals surface area contributed by atoms with Gasteiger partial charge in [0, 0.05) is 12.1 Å². The van der Waals surface area contributed by atoms with Crippen LogP contribution >= 0.6 is 0 Å². The Morgan fingerprint density at radius 1 is 1.30 bits per heavy atom. The topological polar surface area (TPSA) is 73.5 Å². The van der Waals surface area contributed by atoms with Gasteiger partial charge in [-0.15, -0.1) is 0 Å². The zero-order valence-electron chi connectivity index (χ0n) is 12.9. The van der Waals surface area contributed by atoms with Crippen LogP contribution in [0.15, 0.2) is 0 Å². The van der Waals surface area contributed by atoms with Gasteiger partial charge < -0.3 is 10.6 Å². The van der Waals surface area contributed by atoms with Gasteiger partial charge in [0.2, 0.25) is 5.91 Å². The first-order valence-corrected chi connectivity index (χ1v) is 7.52. The second kappa shape index (κ2) is 8.92. The highest BCUT2D eigenvalue weighted by Gasteiger charge is 2.24. The molecule has 0 aromatic carbocycles. The summed E-state index contributed by atoms with van der Waals surface area (Å²) in [6.45, 7) is 5.93. The molecule has 0 aromatic heterocycles. The number of likely N-dealkylation sites (tertiary alicyclic amines) is 1. The fourth-order valence-electron chi connectivity index (χ4n) is 2.55. The van der Waals surface area contributed by atoms with Gasteiger partial charge in [-0.1, -0.05) is 6.42 Å². The molecule has 20 heavy (non-hydrogen) atoms. The van der Waals surface area contributed by atoms with Crippen molar-refractivity contribution in [3.05, 3.63) is 0 Å². The highest BCUT2D eigenvalue weighted by Crippen LogP contribution is 2.18. The van der Waals surface area contributed by atoms with E-state index in [0.29, 0.717) is 12.6 Å². The van der Waals surface area contributed by atoms with Gasteiger partial charge in [0.15, 0.2) is 0 Å². The summed E-state index contributed by atoms with van der Waals surface area (Å²) in [7, 11) is 1.94. The van der Waals surface area contributed by atoms with Crippen molar-refractivity contribution in [3.8, 4) is 0 Å². The molecule has 1 aliphatic heterocycles. The summed E-state index contributed by atoms with van der Waals surface area (Å²) in [6.07, 6.45) is 4.52. The minimum atomic E-state index is -0.409. The summed E-state index contributed by atoms with van der Waals surface area (Å²) >= 11 is 0. The molecule has 1 aliphatic rings. The van der Waals surface area contributed by atoms with Crippen LogP contribution in [0.3, 0.4) is 0 Å². The Labute approximate surface area is 121 Å². The van der Waals surface area contributed by atoms with E-state index in [9.17, 15) is 9.59 Å². The second-order valence-electron chi connectivity index (χ2n) is 5.69. The Hall–Kier alpha value is -1.14. The predicted octanol–water partition coefficient (Wildman–Crippen LogP) is 0.685. The first kappa shape index (κ1) is 16.9. The lowest BCUT2D eigenvalue weighted by Gasteiger charge is -2.35. The number of carbonyl (C=O) groups excluding carboxylic acids is 2. The molecule has 1 fully saturated rings. The standard InChI is InChI=1S/C14H28N4O2/c1-11(2)16-14(20)17-13(19)10-18-9-5-4-6-12(18)7-8-15-3/h11-12,15H,4-10H2,1-3H3,(H2,16,17,19,20). The van der Waals surface area contributed by atoms with E-state index in [2.05, 4.69) is 20.9 Å². The molecule has 6 nitrogen and oxygen atoms in total. The van der Waals surface area contributed by atoms with Crippen LogP contribution < -0.4 is 16.0 Å². The molecule has 0 aromatic rings. The second-order valence-corrected chi connectivity index (χ2v) is 5.69. The lowest BCUT2D eigenvalue weighted by Crippen LogP contribution is -2.50. The van der Waals surface area contributed by atoms with Gasteiger partial charge in [-0.25, -0.2) is 4.79 Å². The van der Waals surface area contributed by atoms with Crippen LogP contribution in [0.1, 0.15) is 39.5 Å². The number of urea groups is 1. The van der Waals surface area contributed by atoms with Crippen LogP contribution in [-0.4, -0.2) is 55.6 Å². The first-order chi connectivity index (χ1) is 9.52. The molecule has 116 valence electrons.